The van der Waals surface area contributed by atoms with Crippen molar-refractivity contribution < 1.29 is 32.6 Å². The van der Waals surface area contributed by atoms with Crippen molar-refractivity contribution in [2.24, 2.45) is 26.1 Å². The lowest BCUT2D eigenvalue weighted by Gasteiger charge is -2.06. The van der Waals surface area contributed by atoms with Crippen molar-refractivity contribution in [2.75, 3.05) is 39.7 Å². The van der Waals surface area contributed by atoms with Crippen molar-refractivity contribution in [3.8, 4) is 33.4 Å². The first-order chi connectivity index (χ1) is 35.2. The van der Waals surface area contributed by atoms with Crippen molar-refractivity contribution in [1.29, 1.82) is 0 Å². The predicted molar refractivity (Wildman–Crippen MR) is 304 cm³/mol. The second kappa shape index (κ2) is 25.3. The summed E-state index contributed by atoms with van der Waals surface area (Å²) in [7, 11) is 7.97. The maximum absolute atomic E-state index is 12.3. The fraction of sp³-hybridized carbons (Fsp3) is 0.192. The third-order valence-corrected chi connectivity index (χ3v) is 12.7. The van der Waals surface area contributed by atoms with E-state index in [1.54, 1.807) is 44.4 Å². The van der Waals surface area contributed by atoms with Crippen LogP contribution in [0.4, 0.5) is 0 Å². The third-order valence-electron chi connectivity index (χ3n) is 11.0. The summed E-state index contributed by atoms with van der Waals surface area (Å²) in [5, 5.41) is 31.0. The quantitative estimate of drug-likeness (QED) is 0.110. The van der Waals surface area contributed by atoms with Crippen molar-refractivity contribution in [3.63, 3.8) is 0 Å². The lowest BCUT2D eigenvalue weighted by Crippen LogP contribution is -2.28. The molecule has 1 aliphatic rings. The molecule has 1 amide bonds. The van der Waals surface area contributed by atoms with E-state index in [2.05, 4.69) is 36.3 Å². The average molecular weight is 1180 g/mol. The standard InChI is InChI=1S/C17H15Cl2N3O2.C17H13Cl2N3O.C16H12Cl2N2O2.CH3ClO2S.CH4/c1-22-16(17(24)20-7-8-23)13-4-2-3-12(15(13)21-22)11-6-5-10(18)9-14(11)19;1-22-16(17-20-7-8-23-17)13-4-2-3-12(15(13)21-22)11-6-5-10(18)9-14(11)19;1-20-15(16(21)22-2)12-5-3-4-11(14(12)19-20)10-7-6-9(17)8-13(10)18;1-5(2,3)4;/h2-6,9,23H,7-8H2,1H3,(H,20,24);2-6,9H,7-8H2,1H3;3-8H,1-2H3;1H3;1H4. The van der Waals surface area contributed by atoms with Gasteiger partial charge in [0.15, 0.2) is 5.69 Å². The number of benzene rings is 6. The minimum atomic E-state index is -3.19. The SMILES string of the molecule is C.COC(=O)c1c2cccc(-c3ccc(Cl)cc3Cl)c2nn1C.CS(=O)(=O)Cl.Cn1nc2c(-c3ccc(Cl)cc3Cl)cccc2c1C(=O)NCCO.Cn1nc2c(-c3ccc(Cl)cc3Cl)cccc2c1C1=NCCO1. The van der Waals surface area contributed by atoms with Crippen LogP contribution in [0.15, 0.2) is 114 Å². The Kier molecular flexibility index (Phi) is 19.7. The summed E-state index contributed by atoms with van der Waals surface area (Å²) in [5.74, 6) is -0.0629. The van der Waals surface area contributed by atoms with Gasteiger partial charge < -0.3 is 19.9 Å². The number of carbonyl (C=O) groups is 2. The van der Waals surface area contributed by atoms with Gasteiger partial charge in [-0.1, -0.05) is 150 Å². The number of methoxy groups -OCH3 is 1. The number of aliphatic imine (C=N–C) groups is 1. The van der Waals surface area contributed by atoms with Gasteiger partial charge in [-0.05, 0) is 36.4 Å². The van der Waals surface area contributed by atoms with Crippen LogP contribution in [0.1, 0.15) is 34.1 Å². The number of rotatable bonds is 8. The van der Waals surface area contributed by atoms with Crippen LogP contribution in [0.2, 0.25) is 30.1 Å². The van der Waals surface area contributed by atoms with Gasteiger partial charge in [0.05, 0.1) is 26.5 Å². The molecule has 0 radical (unpaired) electrons. The van der Waals surface area contributed by atoms with Crippen molar-refractivity contribution in [1.82, 2.24) is 34.7 Å². The molecule has 0 aliphatic carbocycles. The molecule has 0 atom stereocenters. The number of amides is 1. The predicted octanol–water partition coefficient (Wildman–Crippen LogP) is 12.7. The van der Waals surface area contributed by atoms with Gasteiger partial charge in [-0.2, -0.15) is 15.3 Å². The maximum atomic E-state index is 12.3. The number of hydrogen-bond donors (Lipinski definition) is 2. The van der Waals surface area contributed by atoms with E-state index in [1.165, 1.54) is 16.5 Å². The number of nitrogens with zero attached hydrogens (tertiary/aromatic N) is 7. The first kappa shape index (κ1) is 58.3. The minimum Gasteiger partial charge on any atom is -0.474 e. The van der Waals surface area contributed by atoms with Gasteiger partial charge in [0.1, 0.15) is 34.5 Å². The largest absolute Gasteiger partial charge is 0.474 e. The number of hydrogen-bond acceptors (Lipinski definition) is 11. The van der Waals surface area contributed by atoms with Crippen LogP contribution < -0.4 is 5.32 Å². The van der Waals surface area contributed by atoms with E-state index in [-0.39, 0.29) is 26.5 Å². The minimum absolute atomic E-state index is 0. The molecule has 75 heavy (non-hydrogen) atoms. The zero-order valence-electron chi connectivity index (χ0n) is 39.8. The molecule has 23 heteroatoms. The van der Waals surface area contributed by atoms with Gasteiger partial charge in [-0.25, -0.2) is 18.2 Å². The summed E-state index contributed by atoms with van der Waals surface area (Å²) < 4.78 is 34.1. The summed E-state index contributed by atoms with van der Waals surface area (Å²) in [5.41, 5.74) is 9.11. The van der Waals surface area contributed by atoms with E-state index >= 15 is 0 Å². The molecule has 0 saturated carbocycles. The van der Waals surface area contributed by atoms with Crippen LogP contribution in [-0.2, 0) is 39.7 Å². The molecule has 0 unspecified atom stereocenters. The Bertz CT molecular complexity index is 3740. The number of aryl methyl sites for hydroxylation is 3. The van der Waals surface area contributed by atoms with Gasteiger partial charge in [0, 0.05) is 118 Å². The average Bonchev–Trinajstić information content (AvgIpc) is 4.14. The first-order valence-corrected chi connectivity index (χ1v) is 27.0. The van der Waals surface area contributed by atoms with Crippen LogP contribution in [0.5, 0.6) is 0 Å². The molecule has 0 spiro atoms. The second-order valence-corrected chi connectivity index (χ2v) is 21.7. The van der Waals surface area contributed by atoms with Crippen LogP contribution in [0.3, 0.4) is 0 Å². The summed E-state index contributed by atoms with van der Waals surface area (Å²) >= 11 is 36.9. The number of aliphatic hydroxyl groups excluding tert-OH is 1. The lowest BCUT2D eigenvalue weighted by atomic mass is 10.0. The molecule has 15 nitrogen and oxygen atoms in total. The highest BCUT2D eigenvalue weighted by Crippen LogP contribution is 2.38. The van der Waals surface area contributed by atoms with Crippen molar-refractivity contribution >= 4 is 140 Å². The fourth-order valence-corrected chi connectivity index (χ4v) is 9.55. The Balaban J connectivity index is 0.000000174. The van der Waals surface area contributed by atoms with Crippen LogP contribution in [-0.4, -0.2) is 100 Å². The van der Waals surface area contributed by atoms with E-state index in [0.717, 1.165) is 67.0 Å². The van der Waals surface area contributed by atoms with Gasteiger partial charge in [0.25, 0.3) is 5.91 Å². The molecule has 9 aromatic rings. The number of aliphatic hydroxyl groups is 1. The molecule has 10 rings (SSSR count). The highest BCUT2D eigenvalue weighted by atomic mass is 35.7. The summed E-state index contributed by atoms with van der Waals surface area (Å²) in [6, 6.07) is 33.3. The van der Waals surface area contributed by atoms with Gasteiger partial charge in [-0.3, -0.25) is 18.8 Å². The maximum Gasteiger partial charge on any atom is 0.356 e. The number of ether oxygens (including phenoxy) is 2. The van der Waals surface area contributed by atoms with Gasteiger partial charge in [-0.15, -0.1) is 0 Å². The molecule has 1 aliphatic heterocycles. The molecular weight excluding hydrogens is 1130 g/mol. The zero-order chi connectivity index (χ0) is 53.6. The number of nitrogens with one attached hydrogen (secondary N) is 1. The molecule has 4 heterocycles. The summed E-state index contributed by atoms with van der Waals surface area (Å²) in [6.45, 7) is 1.37. The van der Waals surface area contributed by atoms with Crippen LogP contribution in [0, 0.1) is 0 Å². The Morgan fingerprint density at radius 2 is 1.04 bits per heavy atom. The topological polar surface area (TPSA) is 185 Å². The molecule has 0 fully saturated rings. The number of esters is 1. The smallest absolute Gasteiger partial charge is 0.356 e. The first-order valence-electron chi connectivity index (χ1n) is 22.0. The summed E-state index contributed by atoms with van der Waals surface area (Å²) in [4.78, 5) is 28.7. The van der Waals surface area contributed by atoms with Gasteiger partial charge >= 0.3 is 5.97 Å². The second-order valence-electron chi connectivity index (χ2n) is 16.1. The normalized spacial score (nSPS) is 11.8. The molecule has 2 N–H and O–H groups in total. The Morgan fingerprint density at radius 1 is 0.640 bits per heavy atom. The van der Waals surface area contributed by atoms with E-state index < -0.39 is 15.0 Å². The van der Waals surface area contributed by atoms with E-state index in [4.69, 9.17) is 84.2 Å². The number of carbonyl (C=O) groups excluding carboxylic acids is 2. The summed E-state index contributed by atoms with van der Waals surface area (Å²) in [6.07, 6.45) is 0.925. The Morgan fingerprint density at radius 3 is 1.44 bits per heavy atom. The molecule has 0 bridgehead atoms. The van der Waals surface area contributed by atoms with Gasteiger partial charge in [0.2, 0.25) is 14.9 Å². The monoisotopic (exact) mass is 1170 g/mol. The van der Waals surface area contributed by atoms with Crippen molar-refractivity contribution in [2.45, 2.75) is 7.43 Å². The van der Waals surface area contributed by atoms with Crippen LogP contribution in [0.25, 0.3) is 66.1 Å². The van der Waals surface area contributed by atoms with Crippen LogP contribution >= 0.6 is 80.3 Å². The zero-order valence-corrected chi connectivity index (χ0v) is 45.9. The Hall–Kier alpha value is -5.92. The third kappa shape index (κ3) is 13.6. The molecule has 392 valence electrons. The number of aromatic nitrogens is 6. The highest BCUT2D eigenvalue weighted by Gasteiger charge is 2.23. The van der Waals surface area contributed by atoms with Crippen molar-refractivity contribution in [3.05, 3.63) is 156 Å². The Labute approximate surface area is 466 Å². The molecular formula is C52H47Cl7N8O7S. The number of fused-ring (bicyclic) bond motifs is 3. The molecule has 0 saturated heterocycles. The van der Waals surface area contributed by atoms with E-state index in [0.29, 0.717) is 71.6 Å². The lowest BCUT2D eigenvalue weighted by molar-refractivity contribution is 0.0590. The number of halogens is 7. The molecule has 3 aromatic heterocycles. The highest BCUT2D eigenvalue weighted by molar-refractivity contribution is 8.13. The molecule has 6 aromatic carbocycles. The van der Waals surface area contributed by atoms with E-state index in [9.17, 15) is 18.0 Å². The fourth-order valence-electron chi connectivity index (χ4n) is 8.02. The van der Waals surface area contributed by atoms with E-state index in [1.807, 2.05) is 90.6 Å².